The smallest absolute Gasteiger partial charge is 0.148 e. The van der Waals surface area contributed by atoms with Crippen molar-refractivity contribution in [1.82, 2.24) is 4.90 Å². The molecule has 0 saturated carbocycles. The van der Waals surface area contributed by atoms with Gasteiger partial charge in [-0.3, -0.25) is 4.90 Å². The first-order valence-electron chi connectivity index (χ1n) is 6.28. The maximum Gasteiger partial charge on any atom is 0.148 e. The number of nitrogens with zero attached hydrogens (tertiary/aromatic N) is 1. The first-order chi connectivity index (χ1) is 8.36. The highest BCUT2D eigenvalue weighted by Crippen LogP contribution is 2.00. The van der Waals surface area contributed by atoms with Crippen LogP contribution in [0, 0.1) is 0 Å². The predicted molar refractivity (Wildman–Crippen MR) is 69.6 cm³/mol. The van der Waals surface area contributed by atoms with E-state index in [1.54, 1.807) is 0 Å². The van der Waals surface area contributed by atoms with E-state index in [-0.39, 0.29) is 0 Å². The molecular formula is C14H23NO2. The van der Waals surface area contributed by atoms with Crippen LogP contribution in [0.3, 0.4) is 0 Å². The molecule has 3 heteroatoms. The summed E-state index contributed by atoms with van der Waals surface area (Å²) in [5.41, 5.74) is 1.18. The van der Waals surface area contributed by atoms with Gasteiger partial charge in [-0.15, -0.1) is 0 Å². The zero-order chi connectivity index (χ0) is 12.3. The van der Waals surface area contributed by atoms with E-state index in [1.807, 2.05) is 18.2 Å². The van der Waals surface area contributed by atoms with Gasteiger partial charge in [0.05, 0.1) is 6.61 Å². The molecular weight excluding hydrogens is 214 g/mol. The molecule has 0 aromatic heterocycles. The van der Waals surface area contributed by atoms with Crippen molar-refractivity contribution in [1.29, 1.82) is 0 Å². The quantitative estimate of drug-likeness (QED) is 0.487. The van der Waals surface area contributed by atoms with E-state index in [0.29, 0.717) is 20.1 Å². The minimum absolute atomic E-state index is 0.356. The highest BCUT2D eigenvalue weighted by molar-refractivity contribution is 5.13. The summed E-state index contributed by atoms with van der Waals surface area (Å²) >= 11 is 0. The highest BCUT2D eigenvalue weighted by atomic mass is 16.7. The number of benzene rings is 1. The Kier molecular flexibility index (Phi) is 7.63. The maximum atomic E-state index is 5.46. The first kappa shape index (κ1) is 14.2. The largest absolute Gasteiger partial charge is 0.351 e. The van der Waals surface area contributed by atoms with Crippen LogP contribution in [0.2, 0.25) is 0 Å². The summed E-state index contributed by atoms with van der Waals surface area (Å²) in [5.74, 6) is 0. The zero-order valence-corrected chi connectivity index (χ0v) is 10.9. The van der Waals surface area contributed by atoms with Gasteiger partial charge < -0.3 is 9.47 Å². The van der Waals surface area contributed by atoms with E-state index in [4.69, 9.17) is 9.47 Å². The molecule has 3 nitrogen and oxygen atoms in total. The van der Waals surface area contributed by atoms with Gasteiger partial charge in [0.1, 0.15) is 13.5 Å². The fourth-order valence-electron chi connectivity index (χ4n) is 1.59. The molecule has 0 N–H and O–H groups in total. The average Bonchev–Trinajstić information content (AvgIpc) is 2.38. The van der Waals surface area contributed by atoms with E-state index in [2.05, 4.69) is 30.9 Å². The van der Waals surface area contributed by atoms with Gasteiger partial charge in [0.2, 0.25) is 0 Å². The predicted octanol–water partition coefficient (Wildman–Crippen LogP) is 2.87. The summed E-state index contributed by atoms with van der Waals surface area (Å²) in [6.07, 6.45) is 1.15. The van der Waals surface area contributed by atoms with Crippen LogP contribution in [-0.4, -0.2) is 31.5 Å². The normalized spacial score (nSPS) is 11.0. The van der Waals surface area contributed by atoms with Crippen molar-refractivity contribution in [2.24, 2.45) is 0 Å². The number of hydrogen-bond acceptors (Lipinski definition) is 3. The second kappa shape index (κ2) is 9.16. The molecule has 0 aliphatic heterocycles. The monoisotopic (exact) mass is 237 g/mol. The van der Waals surface area contributed by atoms with Crippen molar-refractivity contribution >= 4 is 0 Å². The molecule has 0 radical (unpaired) electrons. The van der Waals surface area contributed by atoms with Gasteiger partial charge in [-0.25, -0.2) is 0 Å². The Bertz CT molecular complexity index is 277. The summed E-state index contributed by atoms with van der Waals surface area (Å²) in [7, 11) is 0. The van der Waals surface area contributed by atoms with Crippen LogP contribution in [0.4, 0.5) is 0 Å². The molecule has 0 heterocycles. The van der Waals surface area contributed by atoms with E-state index >= 15 is 0 Å². The van der Waals surface area contributed by atoms with Crippen LogP contribution in [0.25, 0.3) is 0 Å². The minimum Gasteiger partial charge on any atom is -0.351 e. The van der Waals surface area contributed by atoms with Gasteiger partial charge in [-0.1, -0.05) is 44.2 Å². The van der Waals surface area contributed by atoms with Crippen molar-refractivity contribution in [2.45, 2.75) is 26.9 Å². The Hall–Kier alpha value is -0.900. The summed E-state index contributed by atoms with van der Waals surface area (Å²) in [5, 5.41) is 0. The van der Waals surface area contributed by atoms with E-state index < -0.39 is 0 Å². The van der Waals surface area contributed by atoms with Gasteiger partial charge >= 0.3 is 0 Å². The SMILES string of the molecule is CCCN(CC)COCOCc1ccccc1. The lowest BCUT2D eigenvalue weighted by molar-refractivity contribution is -0.0948. The van der Waals surface area contributed by atoms with Gasteiger partial charge in [0.25, 0.3) is 0 Å². The zero-order valence-electron chi connectivity index (χ0n) is 10.9. The Morgan fingerprint density at radius 2 is 1.82 bits per heavy atom. The molecule has 17 heavy (non-hydrogen) atoms. The lowest BCUT2D eigenvalue weighted by Crippen LogP contribution is -2.27. The van der Waals surface area contributed by atoms with Crippen LogP contribution in [0.5, 0.6) is 0 Å². The van der Waals surface area contributed by atoms with Crippen molar-refractivity contribution in [3.8, 4) is 0 Å². The van der Waals surface area contributed by atoms with E-state index in [1.165, 1.54) is 5.56 Å². The van der Waals surface area contributed by atoms with Crippen molar-refractivity contribution < 1.29 is 9.47 Å². The highest BCUT2D eigenvalue weighted by Gasteiger charge is 1.99. The van der Waals surface area contributed by atoms with Crippen LogP contribution in [0.1, 0.15) is 25.8 Å². The molecule has 96 valence electrons. The molecule has 1 rings (SSSR count). The van der Waals surface area contributed by atoms with Gasteiger partial charge in [-0.2, -0.15) is 0 Å². The lowest BCUT2D eigenvalue weighted by Gasteiger charge is -2.19. The molecule has 0 aliphatic carbocycles. The Morgan fingerprint density at radius 1 is 1.06 bits per heavy atom. The fourth-order valence-corrected chi connectivity index (χ4v) is 1.59. The third-order valence-electron chi connectivity index (χ3n) is 2.54. The molecule has 0 bridgehead atoms. The van der Waals surface area contributed by atoms with E-state index in [9.17, 15) is 0 Å². The maximum absolute atomic E-state index is 5.46. The Balaban J connectivity index is 2.04. The molecule has 1 aromatic carbocycles. The van der Waals surface area contributed by atoms with Crippen LogP contribution in [-0.2, 0) is 16.1 Å². The van der Waals surface area contributed by atoms with Crippen LogP contribution in [0.15, 0.2) is 30.3 Å². The molecule has 0 atom stereocenters. The summed E-state index contributed by atoms with van der Waals surface area (Å²) in [4.78, 5) is 2.26. The molecule has 1 aromatic rings. The van der Waals surface area contributed by atoms with E-state index in [0.717, 1.165) is 19.5 Å². The summed E-state index contributed by atoms with van der Waals surface area (Å²) in [6, 6.07) is 10.1. The minimum atomic E-state index is 0.356. The summed E-state index contributed by atoms with van der Waals surface area (Å²) < 4.78 is 10.9. The van der Waals surface area contributed by atoms with Crippen molar-refractivity contribution in [3.05, 3.63) is 35.9 Å². The Labute approximate surface area is 104 Å². The fraction of sp³-hybridized carbons (Fsp3) is 0.571. The van der Waals surface area contributed by atoms with Gasteiger partial charge in [-0.05, 0) is 18.5 Å². The number of rotatable bonds is 9. The third-order valence-corrected chi connectivity index (χ3v) is 2.54. The Morgan fingerprint density at radius 3 is 2.47 bits per heavy atom. The molecule has 0 fully saturated rings. The molecule has 0 aliphatic rings. The standard InChI is InChI=1S/C14H23NO2/c1-3-10-15(4-2)12-17-13-16-11-14-8-6-5-7-9-14/h5-9H,3-4,10-13H2,1-2H3. The van der Waals surface area contributed by atoms with Gasteiger partial charge in [0.15, 0.2) is 0 Å². The molecule has 0 saturated heterocycles. The second-order valence-corrected chi connectivity index (χ2v) is 4.00. The molecule has 0 unspecified atom stereocenters. The lowest BCUT2D eigenvalue weighted by atomic mass is 10.2. The third kappa shape index (κ3) is 6.41. The topological polar surface area (TPSA) is 21.7 Å². The second-order valence-electron chi connectivity index (χ2n) is 4.00. The van der Waals surface area contributed by atoms with Crippen molar-refractivity contribution in [2.75, 3.05) is 26.6 Å². The van der Waals surface area contributed by atoms with Crippen molar-refractivity contribution in [3.63, 3.8) is 0 Å². The number of hydrogen-bond donors (Lipinski definition) is 0. The van der Waals surface area contributed by atoms with Crippen LogP contribution >= 0.6 is 0 Å². The van der Waals surface area contributed by atoms with Crippen LogP contribution < -0.4 is 0 Å². The molecule has 0 spiro atoms. The average molecular weight is 237 g/mol. The molecule has 0 amide bonds. The first-order valence-corrected chi connectivity index (χ1v) is 6.28. The number of ether oxygens (including phenoxy) is 2. The van der Waals surface area contributed by atoms with Gasteiger partial charge in [0, 0.05) is 6.54 Å². The summed E-state index contributed by atoms with van der Waals surface area (Å²) in [6.45, 7) is 8.04.